The van der Waals surface area contributed by atoms with E-state index in [1.165, 1.54) is 0 Å². The molecule has 0 aliphatic carbocycles. The van der Waals surface area contributed by atoms with E-state index in [0.29, 0.717) is 36.0 Å². The van der Waals surface area contributed by atoms with E-state index in [1.54, 1.807) is 38.6 Å². The zero-order chi connectivity index (χ0) is 18.5. The first-order chi connectivity index (χ1) is 12.6. The Balaban J connectivity index is 1.59. The number of aromatic nitrogens is 1. The second-order valence-electron chi connectivity index (χ2n) is 6.35. The highest BCUT2D eigenvalue weighted by Crippen LogP contribution is 2.28. The first kappa shape index (κ1) is 18.0. The van der Waals surface area contributed by atoms with Crippen molar-refractivity contribution in [3.8, 4) is 17.4 Å². The van der Waals surface area contributed by atoms with Gasteiger partial charge in [0.25, 0.3) is 5.91 Å². The summed E-state index contributed by atoms with van der Waals surface area (Å²) in [6, 6.07) is 9.11. The van der Waals surface area contributed by atoms with Gasteiger partial charge in [0.05, 0.1) is 14.2 Å². The number of rotatable bonds is 5. The van der Waals surface area contributed by atoms with Gasteiger partial charge in [-0.25, -0.2) is 4.98 Å². The summed E-state index contributed by atoms with van der Waals surface area (Å²) in [5, 5.41) is 0. The second-order valence-corrected chi connectivity index (χ2v) is 6.35. The van der Waals surface area contributed by atoms with Crippen molar-refractivity contribution in [2.75, 3.05) is 27.3 Å². The van der Waals surface area contributed by atoms with E-state index in [9.17, 15) is 4.79 Å². The van der Waals surface area contributed by atoms with E-state index < -0.39 is 0 Å². The number of nitrogens with zero attached hydrogens (tertiary/aromatic N) is 2. The molecule has 0 saturated carbocycles. The molecular weight excluding hydrogens is 332 g/mol. The molecule has 1 aromatic heterocycles. The molecule has 0 spiro atoms. The zero-order valence-electron chi connectivity index (χ0n) is 15.4. The Kier molecular flexibility index (Phi) is 5.61. The van der Waals surface area contributed by atoms with Crippen LogP contribution in [-0.2, 0) is 0 Å². The third kappa shape index (κ3) is 4.07. The molecule has 2 aromatic rings. The smallest absolute Gasteiger partial charge is 0.253 e. The van der Waals surface area contributed by atoms with Gasteiger partial charge in [0.15, 0.2) is 11.5 Å². The van der Waals surface area contributed by atoms with Crippen molar-refractivity contribution in [3.05, 3.63) is 47.7 Å². The molecule has 0 bridgehead atoms. The van der Waals surface area contributed by atoms with Crippen LogP contribution in [0.3, 0.4) is 0 Å². The number of piperidine rings is 1. The number of ether oxygens (including phenoxy) is 3. The molecule has 26 heavy (non-hydrogen) atoms. The summed E-state index contributed by atoms with van der Waals surface area (Å²) in [5.74, 6) is 1.81. The number of amides is 1. The van der Waals surface area contributed by atoms with Crippen LogP contribution in [0.1, 0.15) is 28.8 Å². The van der Waals surface area contributed by atoms with Gasteiger partial charge in [0, 0.05) is 43.8 Å². The Morgan fingerprint density at radius 3 is 2.42 bits per heavy atom. The zero-order valence-corrected chi connectivity index (χ0v) is 15.4. The maximum Gasteiger partial charge on any atom is 0.253 e. The molecule has 0 unspecified atom stereocenters. The van der Waals surface area contributed by atoms with Gasteiger partial charge < -0.3 is 19.1 Å². The SMILES string of the molecule is COc1ccc(C(=O)N2CCC(Oc3ccc(C)cn3)CC2)cc1OC. The molecule has 1 aromatic carbocycles. The number of aryl methyl sites for hydroxylation is 1. The Morgan fingerprint density at radius 2 is 1.81 bits per heavy atom. The molecule has 138 valence electrons. The minimum atomic E-state index is -0.00198. The Hall–Kier alpha value is -2.76. The van der Waals surface area contributed by atoms with Crippen molar-refractivity contribution in [2.24, 2.45) is 0 Å². The highest BCUT2D eigenvalue weighted by molar-refractivity contribution is 5.95. The molecule has 0 radical (unpaired) electrons. The number of pyridine rings is 1. The lowest BCUT2D eigenvalue weighted by molar-refractivity contribution is 0.0587. The minimum absolute atomic E-state index is 0.00198. The lowest BCUT2D eigenvalue weighted by Crippen LogP contribution is -2.41. The molecular formula is C20H24N2O4. The largest absolute Gasteiger partial charge is 0.493 e. The van der Waals surface area contributed by atoms with E-state index in [-0.39, 0.29) is 12.0 Å². The van der Waals surface area contributed by atoms with Crippen LogP contribution in [0.5, 0.6) is 17.4 Å². The molecule has 1 aliphatic heterocycles. The predicted octanol–water partition coefficient (Wildman–Crippen LogP) is 3.09. The number of carbonyl (C=O) groups excluding carboxylic acids is 1. The summed E-state index contributed by atoms with van der Waals surface area (Å²) in [7, 11) is 3.14. The average molecular weight is 356 g/mol. The van der Waals surface area contributed by atoms with Crippen molar-refractivity contribution in [2.45, 2.75) is 25.9 Å². The Bertz CT molecular complexity index is 753. The molecule has 6 nitrogen and oxygen atoms in total. The van der Waals surface area contributed by atoms with Gasteiger partial charge in [-0.3, -0.25) is 4.79 Å². The molecule has 1 aliphatic rings. The lowest BCUT2D eigenvalue weighted by atomic mass is 10.1. The molecule has 6 heteroatoms. The molecule has 1 amide bonds. The fourth-order valence-electron chi connectivity index (χ4n) is 3.02. The molecule has 2 heterocycles. The molecule has 1 saturated heterocycles. The van der Waals surface area contributed by atoms with Crippen molar-refractivity contribution in [1.29, 1.82) is 0 Å². The normalized spacial score (nSPS) is 14.8. The van der Waals surface area contributed by atoms with E-state index in [1.807, 2.05) is 24.0 Å². The van der Waals surface area contributed by atoms with Crippen molar-refractivity contribution in [3.63, 3.8) is 0 Å². The van der Waals surface area contributed by atoms with Crippen LogP contribution in [0.25, 0.3) is 0 Å². The highest BCUT2D eigenvalue weighted by Gasteiger charge is 2.25. The van der Waals surface area contributed by atoms with Crippen LogP contribution in [0, 0.1) is 6.92 Å². The molecule has 3 rings (SSSR count). The van der Waals surface area contributed by atoms with Crippen LogP contribution in [0.4, 0.5) is 0 Å². The third-order valence-corrected chi connectivity index (χ3v) is 4.53. The topological polar surface area (TPSA) is 60.9 Å². The van der Waals surface area contributed by atoms with Crippen molar-refractivity contribution >= 4 is 5.91 Å². The maximum absolute atomic E-state index is 12.7. The number of likely N-dealkylation sites (tertiary alicyclic amines) is 1. The maximum atomic E-state index is 12.7. The van der Waals surface area contributed by atoms with E-state index in [2.05, 4.69) is 4.98 Å². The molecule has 0 atom stereocenters. The molecule has 1 fully saturated rings. The quantitative estimate of drug-likeness (QED) is 0.824. The number of benzene rings is 1. The van der Waals surface area contributed by atoms with Crippen LogP contribution in [0.2, 0.25) is 0 Å². The van der Waals surface area contributed by atoms with E-state index in [4.69, 9.17) is 14.2 Å². The van der Waals surface area contributed by atoms with Gasteiger partial charge in [0.2, 0.25) is 5.88 Å². The number of methoxy groups -OCH3 is 2. The van der Waals surface area contributed by atoms with Gasteiger partial charge >= 0.3 is 0 Å². The monoisotopic (exact) mass is 356 g/mol. The van der Waals surface area contributed by atoms with Crippen molar-refractivity contribution in [1.82, 2.24) is 9.88 Å². The van der Waals surface area contributed by atoms with Gasteiger partial charge in [-0.1, -0.05) is 6.07 Å². The lowest BCUT2D eigenvalue weighted by Gasteiger charge is -2.32. The van der Waals surface area contributed by atoms with Gasteiger partial charge in [-0.15, -0.1) is 0 Å². The summed E-state index contributed by atoms with van der Waals surface area (Å²) in [6.07, 6.45) is 3.45. The Labute approximate surface area is 153 Å². The number of hydrogen-bond acceptors (Lipinski definition) is 5. The van der Waals surface area contributed by atoms with Crippen LogP contribution in [0.15, 0.2) is 36.5 Å². The first-order valence-electron chi connectivity index (χ1n) is 8.71. The predicted molar refractivity (Wildman–Crippen MR) is 98.1 cm³/mol. The van der Waals surface area contributed by atoms with E-state index >= 15 is 0 Å². The van der Waals surface area contributed by atoms with Crippen LogP contribution < -0.4 is 14.2 Å². The van der Waals surface area contributed by atoms with Crippen LogP contribution >= 0.6 is 0 Å². The van der Waals surface area contributed by atoms with Gasteiger partial charge in [0.1, 0.15) is 6.10 Å². The Morgan fingerprint density at radius 1 is 1.08 bits per heavy atom. The van der Waals surface area contributed by atoms with E-state index in [0.717, 1.165) is 18.4 Å². The molecule has 0 N–H and O–H groups in total. The summed E-state index contributed by atoms with van der Waals surface area (Å²) < 4.78 is 16.4. The van der Waals surface area contributed by atoms with Crippen LogP contribution in [-0.4, -0.2) is 49.2 Å². The second kappa shape index (κ2) is 8.08. The first-order valence-corrected chi connectivity index (χ1v) is 8.71. The minimum Gasteiger partial charge on any atom is -0.493 e. The van der Waals surface area contributed by atoms with Crippen molar-refractivity contribution < 1.29 is 19.0 Å². The van der Waals surface area contributed by atoms with Gasteiger partial charge in [-0.05, 0) is 30.7 Å². The summed E-state index contributed by atoms with van der Waals surface area (Å²) in [4.78, 5) is 18.9. The fourth-order valence-corrected chi connectivity index (χ4v) is 3.02. The summed E-state index contributed by atoms with van der Waals surface area (Å²) >= 11 is 0. The van der Waals surface area contributed by atoms with Gasteiger partial charge in [-0.2, -0.15) is 0 Å². The highest BCUT2D eigenvalue weighted by atomic mass is 16.5. The number of hydrogen-bond donors (Lipinski definition) is 0. The summed E-state index contributed by atoms with van der Waals surface area (Å²) in [5.41, 5.74) is 1.70. The number of carbonyl (C=O) groups is 1. The standard InChI is InChI=1S/C20H24N2O4/c1-14-4-7-19(21-13-14)26-16-8-10-22(11-9-16)20(23)15-5-6-17(24-2)18(12-15)25-3/h4-7,12-13,16H,8-11H2,1-3H3. The third-order valence-electron chi connectivity index (χ3n) is 4.53. The fraction of sp³-hybridized carbons (Fsp3) is 0.400. The average Bonchev–Trinajstić information content (AvgIpc) is 2.69. The summed E-state index contributed by atoms with van der Waals surface area (Å²) in [6.45, 7) is 3.31.